The van der Waals surface area contributed by atoms with Gasteiger partial charge in [-0.2, -0.15) is 5.10 Å². The fourth-order valence-electron chi connectivity index (χ4n) is 1.78. The highest BCUT2D eigenvalue weighted by atomic mass is 32.2. The average Bonchev–Trinajstić information content (AvgIpc) is 2.75. The van der Waals surface area contributed by atoms with Crippen LogP contribution in [0.15, 0.2) is 40.4 Å². The Hall–Kier alpha value is -1.26. The largest absolute Gasteiger partial charge is 0.313 e. The van der Waals surface area contributed by atoms with Gasteiger partial charge in [0.25, 0.3) is 0 Å². The minimum Gasteiger partial charge on any atom is -0.313 e. The van der Waals surface area contributed by atoms with Crippen LogP contribution in [0.2, 0.25) is 0 Å². The molecule has 0 bridgehead atoms. The van der Waals surface area contributed by atoms with E-state index in [0.717, 1.165) is 13.1 Å². The van der Waals surface area contributed by atoms with Gasteiger partial charge in [0.15, 0.2) is 0 Å². The van der Waals surface area contributed by atoms with E-state index in [-0.39, 0.29) is 0 Å². The second-order valence-corrected chi connectivity index (χ2v) is 5.45. The van der Waals surface area contributed by atoms with Crippen LogP contribution in [0.4, 0.5) is 0 Å². The van der Waals surface area contributed by atoms with Crippen molar-refractivity contribution >= 4 is 11.8 Å². The normalized spacial score (nSPS) is 10.8. The van der Waals surface area contributed by atoms with Crippen LogP contribution >= 0.6 is 11.8 Å². The third-order valence-corrected chi connectivity index (χ3v) is 3.85. The van der Waals surface area contributed by atoms with Crippen molar-refractivity contribution in [2.45, 2.75) is 30.2 Å². The summed E-state index contributed by atoms with van der Waals surface area (Å²) in [6, 6.07) is 6.63. The highest BCUT2D eigenvalue weighted by Crippen LogP contribution is 2.30. The summed E-state index contributed by atoms with van der Waals surface area (Å²) >= 11 is 1.76. The lowest BCUT2D eigenvalue weighted by molar-refractivity contribution is 0.726. The molecule has 0 atom stereocenters. The van der Waals surface area contributed by atoms with E-state index in [1.54, 1.807) is 11.8 Å². The molecular weight excluding hydrogens is 242 g/mol. The second kappa shape index (κ2) is 6.07. The molecule has 4 heteroatoms. The maximum Gasteiger partial charge on any atom is 0.0629 e. The zero-order valence-corrected chi connectivity index (χ0v) is 11.9. The first-order chi connectivity index (χ1) is 8.69. The van der Waals surface area contributed by atoms with Gasteiger partial charge in [0.05, 0.1) is 11.1 Å². The number of nitrogens with zero attached hydrogens (tertiary/aromatic N) is 2. The molecule has 0 aliphatic rings. The van der Waals surface area contributed by atoms with Gasteiger partial charge in [-0.3, -0.25) is 4.68 Å². The molecule has 1 aromatic heterocycles. The van der Waals surface area contributed by atoms with Crippen molar-refractivity contribution in [1.82, 2.24) is 15.1 Å². The Bertz CT molecular complexity index is 520. The molecule has 2 rings (SSSR count). The lowest BCUT2D eigenvalue weighted by atomic mass is 10.1. The Morgan fingerprint density at radius 1 is 1.39 bits per heavy atom. The number of hydrogen-bond acceptors (Lipinski definition) is 3. The van der Waals surface area contributed by atoms with Crippen LogP contribution in [0.5, 0.6) is 0 Å². The first-order valence-corrected chi connectivity index (χ1v) is 6.97. The summed E-state index contributed by atoms with van der Waals surface area (Å²) in [6.45, 7) is 6.23. The zero-order valence-electron chi connectivity index (χ0n) is 11.1. The third kappa shape index (κ3) is 3.37. The first kappa shape index (κ1) is 13.2. The van der Waals surface area contributed by atoms with Gasteiger partial charge >= 0.3 is 0 Å². The van der Waals surface area contributed by atoms with Gasteiger partial charge in [0.1, 0.15) is 0 Å². The maximum absolute atomic E-state index is 4.19. The number of rotatable bonds is 5. The smallest absolute Gasteiger partial charge is 0.0629 e. The van der Waals surface area contributed by atoms with Gasteiger partial charge in [0, 0.05) is 24.7 Å². The molecular formula is C14H19N3S. The molecule has 2 aromatic rings. The molecule has 0 radical (unpaired) electrons. The van der Waals surface area contributed by atoms with E-state index in [1.807, 2.05) is 24.1 Å². The molecule has 18 heavy (non-hydrogen) atoms. The topological polar surface area (TPSA) is 29.9 Å². The molecule has 96 valence electrons. The fraction of sp³-hybridized carbons (Fsp3) is 0.357. The highest BCUT2D eigenvalue weighted by molar-refractivity contribution is 7.99. The molecule has 0 saturated carbocycles. The van der Waals surface area contributed by atoms with Gasteiger partial charge in [0.2, 0.25) is 0 Å². The van der Waals surface area contributed by atoms with Crippen LogP contribution in [0, 0.1) is 6.92 Å². The third-order valence-electron chi connectivity index (χ3n) is 2.73. The Balaban J connectivity index is 2.09. The van der Waals surface area contributed by atoms with E-state index in [0.29, 0.717) is 0 Å². The van der Waals surface area contributed by atoms with Gasteiger partial charge in [-0.25, -0.2) is 0 Å². The standard InChI is InChI=1S/C14H19N3S/c1-4-15-8-12-5-6-14(11(2)7-12)18-13-9-16-17(3)10-13/h5-7,9-10,15H,4,8H2,1-3H3. The van der Waals surface area contributed by atoms with E-state index in [2.05, 4.69) is 42.5 Å². The molecule has 0 amide bonds. The number of aromatic nitrogens is 2. The zero-order chi connectivity index (χ0) is 13.0. The van der Waals surface area contributed by atoms with Gasteiger partial charge in [-0.1, -0.05) is 30.8 Å². The lowest BCUT2D eigenvalue weighted by Gasteiger charge is -2.07. The van der Waals surface area contributed by atoms with Crippen LogP contribution in [-0.4, -0.2) is 16.3 Å². The van der Waals surface area contributed by atoms with Crippen LogP contribution in [-0.2, 0) is 13.6 Å². The SMILES string of the molecule is CCNCc1ccc(Sc2cnn(C)c2)c(C)c1. The Kier molecular flexibility index (Phi) is 4.44. The average molecular weight is 261 g/mol. The van der Waals surface area contributed by atoms with E-state index >= 15 is 0 Å². The van der Waals surface area contributed by atoms with E-state index in [1.165, 1.54) is 20.9 Å². The summed E-state index contributed by atoms with van der Waals surface area (Å²) < 4.78 is 1.83. The molecule has 1 aromatic carbocycles. The quantitative estimate of drug-likeness (QED) is 0.897. The molecule has 0 saturated heterocycles. The first-order valence-electron chi connectivity index (χ1n) is 6.16. The predicted molar refractivity (Wildman–Crippen MR) is 75.9 cm³/mol. The summed E-state index contributed by atoms with van der Waals surface area (Å²) in [7, 11) is 1.94. The molecule has 3 nitrogen and oxygen atoms in total. The van der Waals surface area contributed by atoms with Crippen molar-refractivity contribution in [3.05, 3.63) is 41.7 Å². The summed E-state index contributed by atoms with van der Waals surface area (Å²) in [4.78, 5) is 2.48. The van der Waals surface area contributed by atoms with E-state index in [9.17, 15) is 0 Å². The maximum atomic E-state index is 4.19. The predicted octanol–water partition coefficient (Wildman–Crippen LogP) is 2.99. The monoisotopic (exact) mass is 261 g/mol. The molecule has 1 N–H and O–H groups in total. The summed E-state index contributed by atoms with van der Waals surface area (Å²) in [5.41, 5.74) is 2.66. The van der Waals surface area contributed by atoms with Crippen LogP contribution < -0.4 is 5.32 Å². The Morgan fingerprint density at radius 2 is 2.22 bits per heavy atom. The molecule has 0 aliphatic heterocycles. The fourth-order valence-corrected chi connectivity index (χ4v) is 2.70. The van der Waals surface area contributed by atoms with Crippen LogP contribution in [0.25, 0.3) is 0 Å². The van der Waals surface area contributed by atoms with Crippen molar-refractivity contribution in [3.8, 4) is 0 Å². The minimum atomic E-state index is 0.940. The lowest BCUT2D eigenvalue weighted by Crippen LogP contribution is -2.11. The molecule has 0 unspecified atom stereocenters. The van der Waals surface area contributed by atoms with Crippen molar-refractivity contribution in [1.29, 1.82) is 0 Å². The number of hydrogen-bond donors (Lipinski definition) is 1. The summed E-state index contributed by atoms with van der Waals surface area (Å²) in [5, 5.41) is 7.53. The van der Waals surface area contributed by atoms with Gasteiger partial charge < -0.3 is 5.32 Å². The van der Waals surface area contributed by atoms with E-state index < -0.39 is 0 Å². The van der Waals surface area contributed by atoms with Gasteiger partial charge in [-0.05, 0) is 30.7 Å². The number of nitrogens with one attached hydrogen (secondary N) is 1. The van der Waals surface area contributed by atoms with E-state index in [4.69, 9.17) is 0 Å². The van der Waals surface area contributed by atoms with Crippen molar-refractivity contribution in [2.75, 3.05) is 6.54 Å². The number of aryl methyl sites for hydroxylation is 2. The van der Waals surface area contributed by atoms with Gasteiger partial charge in [-0.15, -0.1) is 0 Å². The second-order valence-electron chi connectivity index (χ2n) is 4.33. The van der Waals surface area contributed by atoms with Crippen LogP contribution in [0.3, 0.4) is 0 Å². The van der Waals surface area contributed by atoms with Crippen molar-refractivity contribution < 1.29 is 0 Å². The molecule has 0 fully saturated rings. The Morgan fingerprint density at radius 3 is 2.83 bits per heavy atom. The summed E-state index contributed by atoms with van der Waals surface area (Å²) in [6.07, 6.45) is 3.94. The summed E-state index contributed by atoms with van der Waals surface area (Å²) in [5.74, 6) is 0. The van der Waals surface area contributed by atoms with Crippen molar-refractivity contribution in [2.24, 2.45) is 7.05 Å². The molecule has 0 spiro atoms. The molecule has 1 heterocycles. The number of benzene rings is 1. The minimum absolute atomic E-state index is 0.940. The Labute approximate surface area is 113 Å². The highest BCUT2D eigenvalue weighted by Gasteiger charge is 2.04. The van der Waals surface area contributed by atoms with Crippen molar-refractivity contribution in [3.63, 3.8) is 0 Å². The molecule has 0 aliphatic carbocycles. The van der Waals surface area contributed by atoms with Crippen LogP contribution in [0.1, 0.15) is 18.1 Å².